The van der Waals surface area contributed by atoms with Crippen molar-refractivity contribution in [1.82, 2.24) is 20.9 Å². The van der Waals surface area contributed by atoms with Crippen LogP contribution in [-0.4, -0.2) is 50.0 Å². The Balaban J connectivity index is 0.00000385. The van der Waals surface area contributed by atoms with Crippen molar-refractivity contribution in [2.75, 3.05) is 27.7 Å². The summed E-state index contributed by atoms with van der Waals surface area (Å²) >= 11 is 0. The van der Waals surface area contributed by atoms with Crippen molar-refractivity contribution in [2.45, 2.75) is 50.7 Å². The van der Waals surface area contributed by atoms with Crippen molar-refractivity contribution in [3.63, 3.8) is 0 Å². The van der Waals surface area contributed by atoms with Crippen LogP contribution in [0.3, 0.4) is 0 Å². The Labute approximate surface area is 215 Å². The summed E-state index contributed by atoms with van der Waals surface area (Å²) in [5.41, 5.74) is 3.19. The molecule has 3 N–H and O–H groups in total. The Morgan fingerprint density at radius 3 is 2.24 bits per heavy atom. The number of amides is 1. The maximum atomic E-state index is 12.1. The molecule has 1 saturated carbocycles. The maximum absolute atomic E-state index is 12.1. The van der Waals surface area contributed by atoms with E-state index in [-0.39, 0.29) is 35.4 Å². The van der Waals surface area contributed by atoms with Crippen LogP contribution < -0.4 is 16.0 Å². The predicted molar refractivity (Wildman–Crippen MR) is 147 cm³/mol. The Kier molecular flexibility index (Phi) is 10.6. The fourth-order valence-corrected chi connectivity index (χ4v) is 4.39. The SMILES string of the molecule is CN=C(NCc1ccc(C(=O)N(C)C)cc1)NCC1(NC(C)c2ccccc2)CCCC1.I. The van der Waals surface area contributed by atoms with Crippen molar-refractivity contribution < 1.29 is 4.79 Å². The van der Waals surface area contributed by atoms with E-state index in [4.69, 9.17) is 0 Å². The number of benzene rings is 2. The lowest BCUT2D eigenvalue weighted by Gasteiger charge is -2.35. The van der Waals surface area contributed by atoms with Gasteiger partial charge in [0.05, 0.1) is 0 Å². The summed E-state index contributed by atoms with van der Waals surface area (Å²) in [6.07, 6.45) is 4.82. The normalized spacial score (nSPS) is 15.9. The van der Waals surface area contributed by atoms with E-state index in [1.807, 2.05) is 24.3 Å². The highest BCUT2D eigenvalue weighted by Crippen LogP contribution is 2.31. The van der Waals surface area contributed by atoms with Crippen LogP contribution in [0, 0.1) is 0 Å². The summed E-state index contributed by atoms with van der Waals surface area (Å²) in [4.78, 5) is 18.0. The molecular formula is C26H38IN5O. The summed E-state index contributed by atoms with van der Waals surface area (Å²) in [7, 11) is 5.33. The van der Waals surface area contributed by atoms with E-state index in [9.17, 15) is 4.79 Å². The van der Waals surface area contributed by atoms with E-state index in [2.05, 4.69) is 58.2 Å². The summed E-state index contributed by atoms with van der Waals surface area (Å²) < 4.78 is 0. The molecule has 0 spiro atoms. The Morgan fingerprint density at radius 2 is 1.67 bits per heavy atom. The second kappa shape index (κ2) is 12.9. The highest BCUT2D eigenvalue weighted by Gasteiger charge is 2.35. The van der Waals surface area contributed by atoms with Gasteiger partial charge in [0.25, 0.3) is 5.91 Å². The third-order valence-corrected chi connectivity index (χ3v) is 6.27. The number of aliphatic imine (C=N–C) groups is 1. The number of carbonyl (C=O) groups is 1. The molecule has 6 nitrogen and oxygen atoms in total. The largest absolute Gasteiger partial charge is 0.355 e. The van der Waals surface area contributed by atoms with Crippen LogP contribution in [0.4, 0.5) is 0 Å². The summed E-state index contributed by atoms with van der Waals surface area (Å²) in [5.74, 6) is 0.806. The van der Waals surface area contributed by atoms with Crippen LogP contribution >= 0.6 is 24.0 Å². The van der Waals surface area contributed by atoms with Gasteiger partial charge in [-0.3, -0.25) is 9.79 Å². The molecule has 3 rings (SSSR count). The van der Waals surface area contributed by atoms with Crippen LogP contribution in [0.25, 0.3) is 0 Å². The Bertz CT molecular complexity index is 893. The minimum atomic E-state index is 0. The van der Waals surface area contributed by atoms with Gasteiger partial charge in [0.15, 0.2) is 5.96 Å². The Hall–Kier alpha value is -2.13. The second-order valence-corrected chi connectivity index (χ2v) is 8.94. The first-order valence-corrected chi connectivity index (χ1v) is 11.5. The molecule has 1 aliphatic rings. The van der Waals surface area contributed by atoms with Crippen molar-refractivity contribution in [2.24, 2.45) is 4.99 Å². The Morgan fingerprint density at radius 1 is 1.03 bits per heavy atom. The van der Waals surface area contributed by atoms with Crippen LogP contribution in [0.2, 0.25) is 0 Å². The molecule has 0 aromatic heterocycles. The molecule has 0 saturated heterocycles. The van der Waals surface area contributed by atoms with Gasteiger partial charge in [-0.1, -0.05) is 55.3 Å². The zero-order valence-electron chi connectivity index (χ0n) is 20.2. The van der Waals surface area contributed by atoms with Crippen molar-refractivity contribution in [1.29, 1.82) is 0 Å². The molecule has 180 valence electrons. The molecule has 0 radical (unpaired) electrons. The van der Waals surface area contributed by atoms with Gasteiger partial charge in [0.2, 0.25) is 0 Å². The van der Waals surface area contributed by atoms with Gasteiger partial charge in [0, 0.05) is 51.4 Å². The average molecular weight is 564 g/mol. The zero-order chi connectivity index (χ0) is 23.0. The maximum Gasteiger partial charge on any atom is 0.253 e. The molecule has 1 fully saturated rings. The minimum Gasteiger partial charge on any atom is -0.355 e. The smallest absolute Gasteiger partial charge is 0.253 e. The van der Waals surface area contributed by atoms with Gasteiger partial charge in [-0.05, 0) is 43.0 Å². The van der Waals surface area contributed by atoms with Crippen LogP contribution in [0.1, 0.15) is 60.1 Å². The van der Waals surface area contributed by atoms with Crippen LogP contribution in [-0.2, 0) is 6.54 Å². The first-order valence-electron chi connectivity index (χ1n) is 11.5. The number of halogens is 1. The molecule has 0 heterocycles. The van der Waals surface area contributed by atoms with E-state index in [0.717, 1.165) is 30.9 Å². The fourth-order valence-electron chi connectivity index (χ4n) is 4.39. The predicted octanol–water partition coefficient (Wildman–Crippen LogP) is 4.34. The number of nitrogens with one attached hydrogen (secondary N) is 3. The topological polar surface area (TPSA) is 68.8 Å². The molecule has 7 heteroatoms. The quantitative estimate of drug-likeness (QED) is 0.254. The number of hydrogen-bond acceptors (Lipinski definition) is 3. The monoisotopic (exact) mass is 563 g/mol. The molecule has 1 atom stereocenters. The summed E-state index contributed by atoms with van der Waals surface area (Å²) in [5, 5.41) is 10.8. The lowest BCUT2D eigenvalue weighted by atomic mass is 9.94. The highest BCUT2D eigenvalue weighted by molar-refractivity contribution is 14.0. The lowest BCUT2D eigenvalue weighted by Crippen LogP contribution is -2.54. The molecule has 2 aromatic carbocycles. The highest BCUT2D eigenvalue weighted by atomic mass is 127. The molecule has 1 amide bonds. The molecule has 1 aliphatic carbocycles. The van der Waals surface area contributed by atoms with E-state index >= 15 is 0 Å². The van der Waals surface area contributed by atoms with Crippen molar-refractivity contribution >= 4 is 35.8 Å². The third kappa shape index (κ3) is 7.71. The molecule has 0 bridgehead atoms. The molecule has 1 unspecified atom stereocenters. The lowest BCUT2D eigenvalue weighted by molar-refractivity contribution is 0.0827. The number of rotatable bonds is 8. The number of hydrogen-bond donors (Lipinski definition) is 3. The fraction of sp³-hybridized carbons (Fsp3) is 0.462. The molecule has 2 aromatic rings. The van der Waals surface area contributed by atoms with Crippen molar-refractivity contribution in [3.8, 4) is 0 Å². The molecule has 33 heavy (non-hydrogen) atoms. The summed E-state index contributed by atoms with van der Waals surface area (Å²) in [6.45, 7) is 3.73. The van der Waals surface area contributed by atoms with Crippen molar-refractivity contribution in [3.05, 3.63) is 71.3 Å². The molecule has 0 aliphatic heterocycles. The van der Waals surface area contributed by atoms with Gasteiger partial charge < -0.3 is 20.9 Å². The van der Waals surface area contributed by atoms with E-state index in [1.165, 1.54) is 18.4 Å². The number of nitrogens with zero attached hydrogens (tertiary/aromatic N) is 2. The first-order chi connectivity index (χ1) is 15.4. The van der Waals surface area contributed by atoms with E-state index in [1.54, 1.807) is 26.0 Å². The van der Waals surface area contributed by atoms with E-state index in [0.29, 0.717) is 18.2 Å². The number of guanidine groups is 1. The van der Waals surface area contributed by atoms with Crippen LogP contribution in [0.5, 0.6) is 0 Å². The second-order valence-electron chi connectivity index (χ2n) is 8.94. The standard InChI is InChI=1S/C26H37N5O.HI/c1-20(22-10-6-5-7-11-22)30-26(16-8-9-17-26)19-29-25(27-2)28-18-21-12-14-23(15-13-21)24(32)31(3)4;/h5-7,10-15,20,30H,8-9,16-19H2,1-4H3,(H2,27,28,29);1H. The third-order valence-electron chi connectivity index (χ3n) is 6.27. The number of carbonyl (C=O) groups excluding carboxylic acids is 1. The first kappa shape index (κ1) is 27.1. The van der Waals surface area contributed by atoms with Gasteiger partial charge in [-0.15, -0.1) is 24.0 Å². The van der Waals surface area contributed by atoms with Gasteiger partial charge in [-0.2, -0.15) is 0 Å². The van der Waals surface area contributed by atoms with Crippen LogP contribution in [0.15, 0.2) is 59.6 Å². The minimum absolute atomic E-state index is 0. The zero-order valence-corrected chi connectivity index (χ0v) is 22.6. The van der Waals surface area contributed by atoms with Gasteiger partial charge >= 0.3 is 0 Å². The average Bonchev–Trinajstić information content (AvgIpc) is 3.28. The molecular weight excluding hydrogens is 525 g/mol. The van der Waals surface area contributed by atoms with Gasteiger partial charge in [0.1, 0.15) is 0 Å². The summed E-state index contributed by atoms with van der Waals surface area (Å²) in [6, 6.07) is 18.6. The van der Waals surface area contributed by atoms with E-state index < -0.39 is 0 Å². The van der Waals surface area contributed by atoms with Gasteiger partial charge in [-0.25, -0.2) is 0 Å².